The zero-order valence-electron chi connectivity index (χ0n) is 7.36. The van der Waals surface area contributed by atoms with Gasteiger partial charge in [-0.3, -0.25) is 0 Å². The molecule has 0 bridgehead atoms. The van der Waals surface area contributed by atoms with Crippen LogP contribution in [0.4, 0.5) is 0 Å². The Morgan fingerprint density at radius 3 is 2.58 bits per heavy atom. The summed E-state index contributed by atoms with van der Waals surface area (Å²) in [5, 5.41) is 0.788. The van der Waals surface area contributed by atoms with E-state index in [1.165, 1.54) is 17.7 Å². The van der Waals surface area contributed by atoms with Crippen molar-refractivity contribution in [1.29, 1.82) is 0 Å². The van der Waals surface area contributed by atoms with Gasteiger partial charge in [0, 0.05) is 5.25 Å². The monoisotopic (exact) mass is 178 g/mol. The molecule has 1 aromatic rings. The molecule has 0 saturated carbocycles. The first kappa shape index (κ1) is 8.18. The van der Waals surface area contributed by atoms with Gasteiger partial charge in [-0.15, -0.1) is 0 Å². The van der Waals surface area contributed by atoms with Gasteiger partial charge in [0.05, 0.1) is 0 Å². The van der Waals surface area contributed by atoms with Crippen molar-refractivity contribution in [2.75, 3.05) is 5.75 Å². The molecule has 0 aliphatic carbocycles. The van der Waals surface area contributed by atoms with E-state index in [1.54, 1.807) is 0 Å². The summed E-state index contributed by atoms with van der Waals surface area (Å²) >= 11 is 2.09. The molecule has 1 fully saturated rings. The summed E-state index contributed by atoms with van der Waals surface area (Å²) < 4.78 is 0. The van der Waals surface area contributed by atoms with E-state index >= 15 is 0 Å². The van der Waals surface area contributed by atoms with Crippen LogP contribution in [0, 0.1) is 5.92 Å². The van der Waals surface area contributed by atoms with Crippen LogP contribution in [0.2, 0.25) is 0 Å². The van der Waals surface area contributed by atoms with E-state index < -0.39 is 0 Å². The van der Waals surface area contributed by atoms with E-state index in [9.17, 15) is 0 Å². The lowest BCUT2D eigenvalue weighted by molar-refractivity contribution is 0.522. The molecule has 0 unspecified atom stereocenters. The molecule has 1 heterocycles. The summed E-state index contributed by atoms with van der Waals surface area (Å²) in [5.41, 5.74) is 1.51. The normalized spacial score (nSPS) is 28.1. The molecule has 64 valence electrons. The largest absolute Gasteiger partial charge is 0.153 e. The maximum Gasteiger partial charge on any atom is 0.0333 e. The molecule has 1 saturated heterocycles. The van der Waals surface area contributed by atoms with E-state index in [-0.39, 0.29) is 0 Å². The van der Waals surface area contributed by atoms with Crippen molar-refractivity contribution in [3.05, 3.63) is 35.9 Å². The van der Waals surface area contributed by atoms with Crippen molar-refractivity contribution < 1.29 is 0 Å². The maximum atomic E-state index is 2.29. The summed E-state index contributed by atoms with van der Waals surface area (Å²) in [5.74, 6) is 2.29. The van der Waals surface area contributed by atoms with Gasteiger partial charge in [-0.2, -0.15) is 11.8 Å². The van der Waals surface area contributed by atoms with Crippen LogP contribution in [0.1, 0.15) is 24.2 Å². The smallest absolute Gasteiger partial charge is 0.0333 e. The van der Waals surface area contributed by atoms with E-state index in [4.69, 9.17) is 0 Å². The van der Waals surface area contributed by atoms with Gasteiger partial charge in [-0.05, 0) is 17.2 Å². The average molecular weight is 178 g/mol. The van der Waals surface area contributed by atoms with Crippen LogP contribution < -0.4 is 0 Å². The number of rotatable bonds is 2. The Morgan fingerprint density at radius 1 is 1.33 bits per heavy atom. The second kappa shape index (κ2) is 3.53. The van der Waals surface area contributed by atoms with Gasteiger partial charge in [-0.1, -0.05) is 43.7 Å². The first-order valence-electron chi connectivity index (χ1n) is 4.58. The van der Waals surface area contributed by atoms with Gasteiger partial charge in [0.25, 0.3) is 0 Å². The van der Waals surface area contributed by atoms with Crippen molar-refractivity contribution >= 4 is 11.8 Å². The zero-order valence-corrected chi connectivity index (χ0v) is 8.18. The molecule has 1 aliphatic heterocycles. The molecule has 2 rings (SSSR count). The molecule has 0 amide bonds. The first-order chi connectivity index (χ1) is 5.92. The third-order valence-electron chi connectivity index (χ3n) is 2.57. The number of benzene rings is 1. The van der Waals surface area contributed by atoms with E-state index in [1.807, 2.05) is 0 Å². The van der Waals surface area contributed by atoms with Crippen LogP contribution in [0.3, 0.4) is 0 Å². The maximum absolute atomic E-state index is 2.29. The van der Waals surface area contributed by atoms with Gasteiger partial charge in [0.15, 0.2) is 0 Å². The quantitative estimate of drug-likeness (QED) is 0.668. The minimum atomic E-state index is 0.788. The highest BCUT2D eigenvalue weighted by Gasteiger charge is 2.30. The summed E-state index contributed by atoms with van der Waals surface area (Å²) in [7, 11) is 0. The molecule has 0 aromatic heterocycles. The SMILES string of the molecule is CC[C@H]1CS[C@@H]1c1ccccc1. The molecule has 2 atom stereocenters. The molecule has 0 N–H and O–H groups in total. The Hall–Kier alpha value is -0.430. The molecule has 0 spiro atoms. The van der Waals surface area contributed by atoms with Crippen molar-refractivity contribution in [2.24, 2.45) is 5.92 Å². The minimum absolute atomic E-state index is 0.788. The van der Waals surface area contributed by atoms with Crippen molar-refractivity contribution in [2.45, 2.75) is 18.6 Å². The Balaban J connectivity index is 2.11. The van der Waals surface area contributed by atoms with Crippen LogP contribution in [0.5, 0.6) is 0 Å². The van der Waals surface area contributed by atoms with Gasteiger partial charge >= 0.3 is 0 Å². The Labute approximate surface area is 78.4 Å². The fourth-order valence-electron chi connectivity index (χ4n) is 1.67. The second-order valence-corrected chi connectivity index (χ2v) is 4.51. The van der Waals surface area contributed by atoms with Crippen LogP contribution in [0.15, 0.2) is 30.3 Å². The summed E-state index contributed by atoms with van der Waals surface area (Å²) in [6.07, 6.45) is 1.33. The van der Waals surface area contributed by atoms with Crippen LogP contribution in [-0.4, -0.2) is 5.75 Å². The number of hydrogen-bond donors (Lipinski definition) is 0. The van der Waals surface area contributed by atoms with Crippen LogP contribution in [0.25, 0.3) is 0 Å². The topological polar surface area (TPSA) is 0 Å². The predicted molar refractivity (Wildman–Crippen MR) is 55.4 cm³/mol. The van der Waals surface area contributed by atoms with E-state index in [2.05, 4.69) is 49.0 Å². The summed E-state index contributed by atoms with van der Waals surface area (Å²) in [6, 6.07) is 10.9. The first-order valence-corrected chi connectivity index (χ1v) is 5.63. The summed E-state index contributed by atoms with van der Waals surface area (Å²) in [4.78, 5) is 0. The van der Waals surface area contributed by atoms with E-state index in [0.29, 0.717) is 0 Å². The fraction of sp³-hybridized carbons (Fsp3) is 0.455. The Kier molecular flexibility index (Phi) is 2.40. The van der Waals surface area contributed by atoms with Gasteiger partial charge in [0.1, 0.15) is 0 Å². The zero-order chi connectivity index (χ0) is 8.39. The molecular formula is C11H14S. The highest BCUT2D eigenvalue weighted by atomic mass is 32.2. The lowest BCUT2D eigenvalue weighted by atomic mass is 9.97. The van der Waals surface area contributed by atoms with Crippen molar-refractivity contribution in [3.8, 4) is 0 Å². The molecule has 1 aliphatic rings. The lowest BCUT2D eigenvalue weighted by Gasteiger charge is -2.35. The average Bonchev–Trinajstić information content (AvgIpc) is 2.05. The standard InChI is InChI=1S/C11H14S/c1-2-9-8-12-11(9)10-6-4-3-5-7-10/h3-7,9,11H,2,8H2,1H3/t9-,11-/m0/s1. The van der Waals surface area contributed by atoms with Gasteiger partial charge in [-0.25, -0.2) is 0 Å². The molecular weight excluding hydrogens is 164 g/mol. The predicted octanol–water partition coefficient (Wildman–Crippen LogP) is 3.50. The van der Waals surface area contributed by atoms with Crippen molar-refractivity contribution in [3.63, 3.8) is 0 Å². The molecule has 1 aromatic carbocycles. The molecule has 12 heavy (non-hydrogen) atoms. The van der Waals surface area contributed by atoms with Crippen molar-refractivity contribution in [1.82, 2.24) is 0 Å². The highest BCUT2D eigenvalue weighted by molar-refractivity contribution is 8.00. The third kappa shape index (κ3) is 1.38. The molecule has 0 nitrogen and oxygen atoms in total. The van der Waals surface area contributed by atoms with Gasteiger partial charge < -0.3 is 0 Å². The van der Waals surface area contributed by atoms with Crippen LogP contribution in [-0.2, 0) is 0 Å². The highest BCUT2D eigenvalue weighted by Crippen LogP contribution is 2.48. The molecule has 0 radical (unpaired) electrons. The number of hydrogen-bond acceptors (Lipinski definition) is 1. The molecule has 1 heteroatoms. The van der Waals surface area contributed by atoms with Gasteiger partial charge in [0.2, 0.25) is 0 Å². The van der Waals surface area contributed by atoms with E-state index in [0.717, 1.165) is 11.2 Å². The minimum Gasteiger partial charge on any atom is -0.153 e. The second-order valence-electron chi connectivity index (χ2n) is 3.33. The number of thioether (sulfide) groups is 1. The van der Waals surface area contributed by atoms with Crippen LogP contribution >= 0.6 is 11.8 Å². The third-order valence-corrected chi connectivity index (χ3v) is 4.21. The lowest BCUT2D eigenvalue weighted by Crippen LogP contribution is -2.22. The summed E-state index contributed by atoms with van der Waals surface area (Å²) in [6.45, 7) is 2.29. The fourth-order valence-corrected chi connectivity index (χ4v) is 3.11. The Morgan fingerprint density at radius 2 is 2.08 bits per heavy atom. The Bertz CT molecular complexity index is 240.